The second-order valence-electron chi connectivity index (χ2n) is 13.9. The smallest absolute Gasteiger partial charge is 0.338 e. The predicted octanol–water partition coefficient (Wildman–Crippen LogP) is 6.43. The zero-order valence-electron chi connectivity index (χ0n) is 28.7. The highest BCUT2D eigenvalue weighted by molar-refractivity contribution is 6.31. The van der Waals surface area contributed by atoms with Crippen molar-refractivity contribution < 1.29 is 37.4 Å². The summed E-state index contributed by atoms with van der Waals surface area (Å²) in [7, 11) is 1.38. The first-order valence-corrected chi connectivity index (χ1v) is 17.2. The highest BCUT2D eigenvalue weighted by Crippen LogP contribution is 2.53. The first-order valence-electron chi connectivity index (χ1n) is 16.5. The van der Waals surface area contributed by atoms with E-state index in [1.165, 1.54) is 55.6 Å². The Balaban J connectivity index is 1.50. The molecule has 2 saturated heterocycles. The van der Waals surface area contributed by atoms with Crippen molar-refractivity contribution in [2.45, 2.75) is 57.0 Å². The molecule has 1 amide bonds. The number of benzene rings is 3. The minimum absolute atomic E-state index is 0.0163. The van der Waals surface area contributed by atoms with Crippen LogP contribution < -0.4 is 10.1 Å². The maximum absolute atomic E-state index is 16.0. The van der Waals surface area contributed by atoms with Crippen LogP contribution in [0.25, 0.3) is 0 Å². The van der Waals surface area contributed by atoms with E-state index in [9.17, 15) is 19.6 Å². The van der Waals surface area contributed by atoms with Crippen molar-refractivity contribution in [3.63, 3.8) is 0 Å². The molecular weight excluding hydrogens is 703 g/mol. The Morgan fingerprint density at radius 2 is 1.80 bits per heavy atom. The number of methoxy groups -OCH3 is 1. The van der Waals surface area contributed by atoms with Gasteiger partial charge in [0.1, 0.15) is 22.8 Å². The maximum atomic E-state index is 16.0. The number of ketones is 1. The summed E-state index contributed by atoms with van der Waals surface area (Å²) >= 11 is 12.4. The summed E-state index contributed by atoms with van der Waals surface area (Å²) in [4.78, 5) is 41.3. The third-order valence-corrected chi connectivity index (χ3v) is 9.90. The Hall–Kier alpha value is -4.08. The van der Waals surface area contributed by atoms with E-state index >= 15 is 8.78 Å². The Morgan fingerprint density at radius 3 is 2.45 bits per heavy atom. The second-order valence-corrected chi connectivity index (χ2v) is 14.8. The van der Waals surface area contributed by atoms with E-state index in [0.717, 1.165) is 6.07 Å². The van der Waals surface area contributed by atoms with Crippen LogP contribution in [0.1, 0.15) is 60.2 Å². The predicted molar refractivity (Wildman–Crippen MR) is 187 cm³/mol. The van der Waals surface area contributed by atoms with Gasteiger partial charge < -0.3 is 24.4 Å². The van der Waals surface area contributed by atoms with Gasteiger partial charge in [0.15, 0.2) is 12.4 Å². The lowest BCUT2D eigenvalue weighted by molar-refractivity contribution is -0.138. The van der Waals surface area contributed by atoms with Gasteiger partial charge in [0, 0.05) is 47.6 Å². The molecule has 5 rings (SSSR count). The molecule has 3 aromatic rings. The third-order valence-electron chi connectivity index (χ3n) is 9.37. The van der Waals surface area contributed by atoms with E-state index in [1.54, 1.807) is 4.90 Å². The van der Waals surface area contributed by atoms with Crippen LogP contribution in [0.2, 0.25) is 10.0 Å². The van der Waals surface area contributed by atoms with Gasteiger partial charge in [-0.3, -0.25) is 9.59 Å². The summed E-state index contributed by atoms with van der Waals surface area (Å²) in [5.74, 6) is -4.14. The lowest BCUT2D eigenvalue weighted by Crippen LogP contribution is -2.44. The van der Waals surface area contributed by atoms with Crippen molar-refractivity contribution in [1.82, 2.24) is 10.2 Å². The van der Waals surface area contributed by atoms with Gasteiger partial charge >= 0.3 is 5.97 Å². The molecule has 1 N–H and O–H groups in total. The largest absolute Gasteiger partial charge is 0.496 e. The average Bonchev–Trinajstić information content (AvgIpc) is 3.41. The number of halogens is 4. The Labute approximate surface area is 305 Å². The summed E-state index contributed by atoms with van der Waals surface area (Å²) < 4.78 is 48.0. The monoisotopic (exact) mass is 741 g/mol. The van der Waals surface area contributed by atoms with E-state index < -0.39 is 58.8 Å². The third kappa shape index (κ3) is 8.05. The number of nitrogens with one attached hydrogen (secondary N) is 1. The summed E-state index contributed by atoms with van der Waals surface area (Å²) in [6.45, 7) is 7.06. The van der Waals surface area contributed by atoms with Gasteiger partial charge in [-0.1, -0.05) is 68.2 Å². The molecule has 0 unspecified atom stereocenters. The second kappa shape index (κ2) is 15.7. The van der Waals surface area contributed by atoms with Crippen LogP contribution in [0.4, 0.5) is 8.78 Å². The Kier molecular flexibility index (Phi) is 11.7. The first-order chi connectivity index (χ1) is 24.2. The van der Waals surface area contributed by atoms with Gasteiger partial charge in [0.2, 0.25) is 0 Å². The molecule has 2 aliphatic rings. The normalized spacial score (nSPS) is 21.9. The fourth-order valence-electron chi connectivity index (χ4n) is 7.04. The average molecular weight is 743 g/mol. The fourth-order valence-corrected chi connectivity index (χ4v) is 7.38. The Morgan fingerprint density at radius 1 is 1.08 bits per heavy atom. The van der Waals surface area contributed by atoms with Gasteiger partial charge in [-0.15, -0.1) is 0 Å². The first kappa shape index (κ1) is 38.2. The number of hydrogen-bond donors (Lipinski definition) is 1. The molecule has 2 fully saturated rings. The molecule has 0 bridgehead atoms. The van der Waals surface area contributed by atoms with Gasteiger partial charge in [-0.25, -0.2) is 13.6 Å². The van der Waals surface area contributed by atoms with Crippen molar-refractivity contribution in [1.29, 1.82) is 5.26 Å². The molecule has 2 aliphatic heterocycles. The number of nitriles is 1. The van der Waals surface area contributed by atoms with E-state index in [2.05, 4.69) is 11.4 Å². The van der Waals surface area contributed by atoms with Gasteiger partial charge in [0.05, 0.1) is 43.0 Å². The van der Waals surface area contributed by atoms with E-state index in [0.29, 0.717) is 38.3 Å². The fraction of sp³-hybridized carbons (Fsp3) is 0.421. The van der Waals surface area contributed by atoms with Crippen LogP contribution in [0.3, 0.4) is 0 Å². The summed E-state index contributed by atoms with van der Waals surface area (Å²) in [5, 5.41) is 14.3. The van der Waals surface area contributed by atoms with Crippen molar-refractivity contribution in [2.24, 2.45) is 5.41 Å². The number of nitrogens with zero attached hydrogens (tertiary/aromatic N) is 2. The Bertz CT molecular complexity index is 1860. The molecular formula is C38H39Cl2F2N3O6. The lowest BCUT2D eigenvalue weighted by Gasteiger charge is -2.37. The van der Waals surface area contributed by atoms with Gasteiger partial charge in [-0.2, -0.15) is 5.26 Å². The van der Waals surface area contributed by atoms with Crippen molar-refractivity contribution in [2.75, 3.05) is 40.0 Å². The van der Waals surface area contributed by atoms with Crippen molar-refractivity contribution >= 4 is 40.9 Å². The van der Waals surface area contributed by atoms with E-state index in [1.807, 2.05) is 20.8 Å². The number of rotatable bonds is 10. The highest BCUT2D eigenvalue weighted by atomic mass is 35.5. The minimum atomic E-state index is -1.77. The molecule has 3 aromatic carbocycles. The summed E-state index contributed by atoms with van der Waals surface area (Å²) in [6.07, 6.45) is 0.0659. The molecule has 51 heavy (non-hydrogen) atoms. The lowest BCUT2D eigenvalue weighted by atomic mass is 9.62. The topological polar surface area (TPSA) is 118 Å². The molecule has 0 aromatic heterocycles. The van der Waals surface area contributed by atoms with Gasteiger partial charge in [-0.05, 0) is 47.7 Å². The number of ether oxygens (including phenoxy) is 3. The van der Waals surface area contributed by atoms with Gasteiger partial charge in [0.25, 0.3) is 5.91 Å². The molecule has 0 radical (unpaired) electrons. The number of amides is 1. The number of hydrogen-bond acceptors (Lipinski definition) is 8. The van der Waals surface area contributed by atoms with Crippen LogP contribution >= 0.6 is 23.2 Å². The zero-order valence-corrected chi connectivity index (χ0v) is 30.2. The molecule has 4 atom stereocenters. The molecule has 0 saturated carbocycles. The highest BCUT2D eigenvalue weighted by Gasteiger charge is 2.61. The molecule has 2 heterocycles. The number of carbonyl (C=O) groups excluding carboxylic acids is 3. The van der Waals surface area contributed by atoms with E-state index in [-0.39, 0.29) is 44.8 Å². The minimum Gasteiger partial charge on any atom is -0.496 e. The summed E-state index contributed by atoms with van der Waals surface area (Å²) in [6, 6.07) is 13.1. The molecule has 9 nitrogen and oxygen atoms in total. The number of morpholine rings is 1. The van der Waals surface area contributed by atoms with Crippen molar-refractivity contribution in [3.8, 4) is 11.8 Å². The van der Waals surface area contributed by atoms with E-state index in [4.69, 9.17) is 37.4 Å². The number of carbonyl (C=O) groups is 3. The van der Waals surface area contributed by atoms with Crippen LogP contribution in [0, 0.1) is 28.4 Å². The van der Waals surface area contributed by atoms with Crippen LogP contribution in [0.15, 0.2) is 54.6 Å². The molecule has 0 spiro atoms. The summed E-state index contributed by atoms with van der Waals surface area (Å²) in [5.41, 5.74) is -1.72. The number of esters is 1. The quantitative estimate of drug-likeness (QED) is 0.237. The van der Waals surface area contributed by atoms with Crippen molar-refractivity contribution in [3.05, 3.63) is 98.5 Å². The zero-order chi connectivity index (χ0) is 37.1. The van der Waals surface area contributed by atoms with Crippen LogP contribution in [-0.2, 0) is 30.9 Å². The standard InChI is InChI=1S/C38H39Cl2F2N3O6/c1-37(2,3)19-31-38(21-43,26-11-10-24(39)18-28(26)41)33(25-6-5-7-27(40)34(25)42)35(44-31)29(46)16-22-8-9-23(17-30(22)49-4)36(48)51-20-32(47)45-12-14-50-15-13-45/h5-11,17-18,31,33,35,44H,12-16,19-20H2,1-4H3/t31-,33-,35-,38-/m0/s1. The SMILES string of the molecule is COc1cc(C(=O)OCC(=O)N2CCOCC2)ccc1CC(=O)[C@@H]1N[C@@H](CC(C)(C)C)[C@](C#N)(c2ccc(Cl)cc2F)[C@H]1c1cccc(Cl)c1F. The van der Waals surface area contributed by atoms with Crippen LogP contribution in [-0.4, -0.2) is 74.7 Å². The molecule has 270 valence electrons. The van der Waals surface area contributed by atoms with Crippen LogP contribution in [0.5, 0.6) is 5.75 Å². The molecule has 0 aliphatic carbocycles. The maximum Gasteiger partial charge on any atom is 0.338 e. The molecule has 13 heteroatoms. The number of Topliss-reactive ketones (excluding diaryl/α,β-unsaturated/α-hetero) is 1.